The van der Waals surface area contributed by atoms with E-state index < -0.39 is 0 Å². The van der Waals surface area contributed by atoms with Crippen molar-refractivity contribution in [3.05, 3.63) is 18.5 Å². The topological polar surface area (TPSA) is 35.5 Å². The van der Waals surface area contributed by atoms with Crippen LogP contribution in [-0.2, 0) is 0 Å². The van der Waals surface area contributed by atoms with E-state index in [1.807, 2.05) is 18.5 Å². The average molecular weight is 303 g/mol. The molecule has 0 bridgehead atoms. The van der Waals surface area contributed by atoms with Gasteiger partial charge in [0.15, 0.2) is 0 Å². The van der Waals surface area contributed by atoms with E-state index in [9.17, 15) is 0 Å². The minimum Gasteiger partial charge on any atom is -0.338 e. The van der Waals surface area contributed by atoms with Gasteiger partial charge in [-0.25, -0.2) is 9.97 Å². The predicted molar refractivity (Wildman–Crippen MR) is 90.1 cm³/mol. The van der Waals surface area contributed by atoms with E-state index in [-0.39, 0.29) is 0 Å². The first-order valence-electron chi connectivity index (χ1n) is 8.71. The van der Waals surface area contributed by atoms with Crippen LogP contribution >= 0.6 is 0 Å². The normalized spacial score (nSPS) is 22.4. The number of anilines is 1. The van der Waals surface area contributed by atoms with Crippen molar-refractivity contribution < 1.29 is 0 Å². The number of aromatic nitrogens is 2. The van der Waals surface area contributed by atoms with Crippen LogP contribution in [0.15, 0.2) is 18.5 Å². The molecule has 0 atom stereocenters. The van der Waals surface area contributed by atoms with Gasteiger partial charge in [-0.2, -0.15) is 0 Å². The molecule has 0 N–H and O–H groups in total. The molecule has 0 unspecified atom stereocenters. The fourth-order valence-electron chi connectivity index (χ4n) is 3.73. The number of piperidine rings is 1. The SMILES string of the molecule is CC(C)CN1CCC(N2CCN(c3ncccn3)CC2)CC1. The minimum atomic E-state index is 0.780. The molecule has 5 heteroatoms. The summed E-state index contributed by atoms with van der Waals surface area (Å²) in [5, 5.41) is 0. The molecule has 0 aromatic carbocycles. The summed E-state index contributed by atoms with van der Waals surface area (Å²) in [6.45, 7) is 12.8. The van der Waals surface area contributed by atoms with Crippen LogP contribution in [-0.4, -0.2) is 71.6 Å². The van der Waals surface area contributed by atoms with Crippen LogP contribution in [0.3, 0.4) is 0 Å². The van der Waals surface area contributed by atoms with Crippen LogP contribution in [0.1, 0.15) is 26.7 Å². The van der Waals surface area contributed by atoms with Crippen LogP contribution < -0.4 is 4.90 Å². The van der Waals surface area contributed by atoms with Crippen LogP contribution in [0.5, 0.6) is 0 Å². The van der Waals surface area contributed by atoms with Crippen molar-refractivity contribution in [2.24, 2.45) is 5.92 Å². The lowest BCUT2D eigenvalue weighted by Crippen LogP contribution is -2.53. The lowest BCUT2D eigenvalue weighted by molar-refractivity contribution is 0.0971. The monoisotopic (exact) mass is 303 g/mol. The maximum absolute atomic E-state index is 4.37. The maximum Gasteiger partial charge on any atom is 0.225 e. The zero-order chi connectivity index (χ0) is 15.4. The molecule has 5 nitrogen and oxygen atoms in total. The second kappa shape index (κ2) is 7.38. The summed E-state index contributed by atoms with van der Waals surface area (Å²) in [5.74, 6) is 1.67. The summed E-state index contributed by atoms with van der Waals surface area (Å²) in [4.78, 5) is 16.4. The molecule has 122 valence electrons. The number of nitrogens with zero attached hydrogens (tertiary/aromatic N) is 5. The molecule has 3 rings (SSSR count). The van der Waals surface area contributed by atoms with E-state index >= 15 is 0 Å². The third-order valence-corrected chi connectivity index (χ3v) is 4.85. The molecule has 1 aromatic rings. The van der Waals surface area contributed by atoms with Crippen molar-refractivity contribution in [1.29, 1.82) is 0 Å². The van der Waals surface area contributed by atoms with Gasteiger partial charge >= 0.3 is 0 Å². The van der Waals surface area contributed by atoms with Gasteiger partial charge in [0.2, 0.25) is 5.95 Å². The van der Waals surface area contributed by atoms with Gasteiger partial charge in [0, 0.05) is 51.2 Å². The van der Waals surface area contributed by atoms with Crippen molar-refractivity contribution in [2.45, 2.75) is 32.7 Å². The van der Waals surface area contributed by atoms with E-state index in [0.29, 0.717) is 0 Å². The van der Waals surface area contributed by atoms with E-state index in [4.69, 9.17) is 0 Å². The Hall–Kier alpha value is -1.20. The molecule has 0 saturated carbocycles. The summed E-state index contributed by atoms with van der Waals surface area (Å²) in [5.41, 5.74) is 0. The van der Waals surface area contributed by atoms with Gasteiger partial charge in [-0.1, -0.05) is 13.8 Å². The molecule has 1 aromatic heterocycles. The molecular weight excluding hydrogens is 274 g/mol. The number of rotatable bonds is 4. The summed E-state index contributed by atoms with van der Waals surface area (Å²) in [6, 6.07) is 2.66. The highest BCUT2D eigenvalue weighted by atomic mass is 15.3. The van der Waals surface area contributed by atoms with Gasteiger partial charge in [-0.3, -0.25) is 4.90 Å². The summed E-state index contributed by atoms with van der Waals surface area (Å²) in [6.07, 6.45) is 6.32. The van der Waals surface area contributed by atoms with Gasteiger partial charge in [0.25, 0.3) is 0 Å². The van der Waals surface area contributed by atoms with Gasteiger partial charge in [0.1, 0.15) is 0 Å². The lowest BCUT2D eigenvalue weighted by Gasteiger charge is -2.43. The summed E-state index contributed by atoms with van der Waals surface area (Å²) in [7, 11) is 0. The van der Waals surface area contributed by atoms with Crippen molar-refractivity contribution >= 4 is 5.95 Å². The van der Waals surface area contributed by atoms with Gasteiger partial charge < -0.3 is 9.80 Å². The fraction of sp³-hybridized carbons (Fsp3) is 0.765. The zero-order valence-corrected chi connectivity index (χ0v) is 14.0. The Balaban J connectivity index is 1.44. The van der Waals surface area contributed by atoms with Crippen molar-refractivity contribution in [3.8, 4) is 0 Å². The Labute approximate surface area is 134 Å². The molecule has 2 fully saturated rings. The smallest absolute Gasteiger partial charge is 0.225 e. The van der Waals surface area contributed by atoms with Crippen LogP contribution in [0, 0.1) is 5.92 Å². The molecule has 0 radical (unpaired) electrons. The van der Waals surface area contributed by atoms with E-state index in [0.717, 1.165) is 44.1 Å². The Morgan fingerprint density at radius 1 is 1.00 bits per heavy atom. The van der Waals surface area contributed by atoms with Gasteiger partial charge in [0.05, 0.1) is 0 Å². The van der Waals surface area contributed by atoms with Crippen LogP contribution in [0.25, 0.3) is 0 Å². The molecule has 2 aliphatic heterocycles. The third-order valence-electron chi connectivity index (χ3n) is 4.85. The molecule has 22 heavy (non-hydrogen) atoms. The Morgan fingerprint density at radius 3 is 2.23 bits per heavy atom. The highest BCUT2D eigenvalue weighted by Gasteiger charge is 2.28. The predicted octanol–water partition coefficient (Wildman–Crippen LogP) is 1.72. The largest absolute Gasteiger partial charge is 0.338 e. The Kier molecular flexibility index (Phi) is 5.26. The number of piperazine rings is 1. The van der Waals surface area contributed by atoms with Crippen molar-refractivity contribution in [3.63, 3.8) is 0 Å². The van der Waals surface area contributed by atoms with Gasteiger partial charge in [-0.05, 0) is 37.9 Å². The Bertz CT molecular complexity index is 434. The number of likely N-dealkylation sites (tertiary alicyclic amines) is 1. The first-order chi connectivity index (χ1) is 10.7. The van der Waals surface area contributed by atoms with E-state index in [1.165, 1.54) is 32.5 Å². The maximum atomic E-state index is 4.37. The highest BCUT2D eigenvalue weighted by Crippen LogP contribution is 2.20. The van der Waals surface area contributed by atoms with Gasteiger partial charge in [-0.15, -0.1) is 0 Å². The quantitative estimate of drug-likeness (QED) is 0.846. The highest BCUT2D eigenvalue weighted by molar-refractivity contribution is 5.29. The first kappa shape index (κ1) is 15.7. The number of hydrogen-bond acceptors (Lipinski definition) is 5. The minimum absolute atomic E-state index is 0.780. The zero-order valence-electron chi connectivity index (χ0n) is 14.0. The standard InChI is InChI=1S/C17H29N5/c1-15(2)14-20-8-4-16(5-9-20)21-10-12-22(13-11-21)17-18-6-3-7-19-17/h3,6-7,15-16H,4-5,8-14H2,1-2H3. The van der Waals surface area contributed by atoms with E-state index in [2.05, 4.69) is 38.5 Å². The Morgan fingerprint density at radius 2 is 1.64 bits per heavy atom. The average Bonchev–Trinajstić information content (AvgIpc) is 2.56. The second-order valence-electron chi connectivity index (χ2n) is 7.00. The fourth-order valence-corrected chi connectivity index (χ4v) is 3.73. The molecule has 0 aliphatic carbocycles. The summed E-state index contributed by atoms with van der Waals surface area (Å²) >= 11 is 0. The summed E-state index contributed by atoms with van der Waals surface area (Å²) < 4.78 is 0. The molecule has 2 aliphatic rings. The lowest BCUT2D eigenvalue weighted by atomic mass is 10.0. The van der Waals surface area contributed by atoms with Crippen molar-refractivity contribution in [2.75, 3.05) is 50.7 Å². The second-order valence-corrected chi connectivity index (χ2v) is 7.00. The molecular formula is C17H29N5. The van der Waals surface area contributed by atoms with Crippen LogP contribution in [0.4, 0.5) is 5.95 Å². The van der Waals surface area contributed by atoms with E-state index in [1.54, 1.807) is 0 Å². The number of hydrogen-bond donors (Lipinski definition) is 0. The first-order valence-corrected chi connectivity index (χ1v) is 8.71. The molecule has 0 spiro atoms. The molecule has 3 heterocycles. The van der Waals surface area contributed by atoms with Crippen molar-refractivity contribution in [1.82, 2.24) is 19.8 Å². The van der Waals surface area contributed by atoms with Crippen LogP contribution in [0.2, 0.25) is 0 Å². The molecule has 0 amide bonds. The third kappa shape index (κ3) is 3.96. The molecule has 2 saturated heterocycles.